The molecule has 1 aliphatic rings. The van der Waals surface area contributed by atoms with Crippen LogP contribution >= 0.6 is 0 Å². The number of aromatic nitrogens is 1. The normalized spacial score (nSPS) is 13.0. The molecule has 0 atom stereocenters. The van der Waals surface area contributed by atoms with E-state index in [9.17, 15) is 14.4 Å². The molecule has 9 heteroatoms. The number of methoxy groups -OCH3 is 1. The van der Waals surface area contributed by atoms with E-state index < -0.39 is 11.3 Å². The van der Waals surface area contributed by atoms with Crippen molar-refractivity contribution in [2.24, 2.45) is 0 Å². The molecule has 0 saturated heterocycles. The Labute approximate surface area is 190 Å². The summed E-state index contributed by atoms with van der Waals surface area (Å²) < 4.78 is 12.3. The van der Waals surface area contributed by atoms with Crippen molar-refractivity contribution in [3.8, 4) is 11.5 Å². The second-order valence-corrected chi connectivity index (χ2v) is 7.54. The highest BCUT2D eigenvalue weighted by atomic mass is 16.5. The van der Waals surface area contributed by atoms with Crippen LogP contribution in [0.1, 0.15) is 20.8 Å². The van der Waals surface area contributed by atoms with E-state index in [2.05, 4.69) is 5.32 Å². The Bertz CT molecular complexity index is 1210. The minimum absolute atomic E-state index is 0.0617. The quantitative estimate of drug-likeness (QED) is 0.597. The fraction of sp³-hybridized carbons (Fsp3) is 0.208. The Hall–Kier alpha value is -4.11. The highest BCUT2D eigenvalue weighted by Gasteiger charge is 2.28. The van der Waals surface area contributed by atoms with Crippen molar-refractivity contribution in [1.82, 2.24) is 9.58 Å². The minimum atomic E-state index is -0.560. The van der Waals surface area contributed by atoms with Gasteiger partial charge in [-0.05, 0) is 36.4 Å². The lowest BCUT2D eigenvalue weighted by atomic mass is 10.2. The van der Waals surface area contributed by atoms with Crippen LogP contribution in [0.2, 0.25) is 0 Å². The highest BCUT2D eigenvalue weighted by Crippen LogP contribution is 2.23. The molecular weight excluding hydrogens is 424 g/mol. The summed E-state index contributed by atoms with van der Waals surface area (Å²) in [5, 5.41) is 4.47. The van der Waals surface area contributed by atoms with E-state index in [1.807, 2.05) is 30.3 Å². The standard InChI is InChI=1S/C24H24N4O5/c1-26-16-27(12-13-32-2)24(31)21-14-22(29)20(15-28(21)26)23(30)25-17-8-10-19(11-9-17)33-18-6-4-3-5-7-18/h3-11,14-15H,12-13,16H2,1-2H3,(H,25,30). The molecule has 0 radical (unpaired) electrons. The van der Waals surface area contributed by atoms with Gasteiger partial charge in [0, 0.05) is 38.7 Å². The maximum atomic E-state index is 12.8. The Morgan fingerprint density at radius 3 is 2.42 bits per heavy atom. The van der Waals surface area contributed by atoms with Gasteiger partial charge < -0.3 is 19.7 Å². The first-order valence-electron chi connectivity index (χ1n) is 10.4. The van der Waals surface area contributed by atoms with Crippen LogP contribution in [0.15, 0.2) is 71.7 Å². The molecule has 1 aromatic heterocycles. The fourth-order valence-electron chi connectivity index (χ4n) is 3.48. The first-order valence-corrected chi connectivity index (χ1v) is 10.4. The van der Waals surface area contributed by atoms with Gasteiger partial charge in [-0.2, -0.15) is 0 Å². The first-order chi connectivity index (χ1) is 16.0. The van der Waals surface area contributed by atoms with Gasteiger partial charge in [-0.1, -0.05) is 18.2 Å². The second kappa shape index (κ2) is 9.58. The molecule has 0 spiro atoms. The third-order valence-corrected chi connectivity index (χ3v) is 5.18. The van der Waals surface area contributed by atoms with Crippen LogP contribution in [0.25, 0.3) is 0 Å². The number of nitrogens with one attached hydrogen (secondary N) is 1. The Morgan fingerprint density at radius 2 is 1.73 bits per heavy atom. The summed E-state index contributed by atoms with van der Waals surface area (Å²) in [5.74, 6) is 0.472. The molecule has 4 rings (SSSR count). The maximum absolute atomic E-state index is 12.8. The van der Waals surface area contributed by atoms with Gasteiger partial charge in [-0.25, -0.2) is 0 Å². The predicted molar refractivity (Wildman–Crippen MR) is 124 cm³/mol. The zero-order chi connectivity index (χ0) is 23.4. The maximum Gasteiger partial charge on any atom is 0.274 e. The number of anilines is 1. The number of carbonyl (C=O) groups excluding carboxylic acids is 2. The molecule has 0 bridgehead atoms. The van der Waals surface area contributed by atoms with Gasteiger partial charge in [-0.3, -0.25) is 24.1 Å². The third kappa shape index (κ3) is 4.88. The molecule has 0 fully saturated rings. The first kappa shape index (κ1) is 22.1. The van der Waals surface area contributed by atoms with Crippen LogP contribution in [0, 0.1) is 0 Å². The molecule has 0 unspecified atom stereocenters. The van der Waals surface area contributed by atoms with Crippen LogP contribution in [0.3, 0.4) is 0 Å². The van der Waals surface area contributed by atoms with Gasteiger partial charge in [0.1, 0.15) is 29.4 Å². The van der Waals surface area contributed by atoms with Crippen molar-refractivity contribution in [2.45, 2.75) is 0 Å². The van der Waals surface area contributed by atoms with Gasteiger partial charge in [0.2, 0.25) is 0 Å². The monoisotopic (exact) mass is 448 g/mol. The largest absolute Gasteiger partial charge is 0.457 e. The molecule has 2 aromatic carbocycles. The summed E-state index contributed by atoms with van der Waals surface area (Å²) in [6.45, 7) is 1.10. The number of benzene rings is 2. The fourth-order valence-corrected chi connectivity index (χ4v) is 3.48. The summed E-state index contributed by atoms with van der Waals surface area (Å²) in [5.41, 5.74) is 0.119. The summed E-state index contributed by atoms with van der Waals surface area (Å²) in [6, 6.07) is 17.4. The summed E-state index contributed by atoms with van der Waals surface area (Å²) in [6.07, 6.45) is 1.39. The number of amides is 2. The Balaban J connectivity index is 1.49. The van der Waals surface area contributed by atoms with E-state index in [0.717, 1.165) is 0 Å². The number of hydrogen-bond acceptors (Lipinski definition) is 6. The Kier molecular flexibility index (Phi) is 6.41. The zero-order valence-electron chi connectivity index (χ0n) is 18.4. The lowest BCUT2D eigenvalue weighted by Crippen LogP contribution is -2.53. The van der Waals surface area contributed by atoms with E-state index in [0.29, 0.717) is 37.0 Å². The van der Waals surface area contributed by atoms with Gasteiger partial charge in [0.05, 0.1) is 6.61 Å². The van der Waals surface area contributed by atoms with Crippen LogP contribution in [-0.2, 0) is 4.74 Å². The van der Waals surface area contributed by atoms with Crippen molar-refractivity contribution >= 4 is 17.5 Å². The van der Waals surface area contributed by atoms with E-state index in [4.69, 9.17) is 9.47 Å². The zero-order valence-corrected chi connectivity index (χ0v) is 18.4. The topological polar surface area (TPSA) is 93.1 Å². The van der Waals surface area contributed by atoms with E-state index >= 15 is 0 Å². The van der Waals surface area contributed by atoms with Gasteiger partial charge >= 0.3 is 0 Å². The number of rotatable bonds is 7. The van der Waals surface area contributed by atoms with Crippen LogP contribution in [0.5, 0.6) is 11.5 Å². The molecule has 2 heterocycles. The number of fused-ring (bicyclic) bond motifs is 1. The molecule has 170 valence electrons. The highest BCUT2D eigenvalue weighted by molar-refractivity contribution is 6.04. The number of carbonyl (C=O) groups is 2. The third-order valence-electron chi connectivity index (χ3n) is 5.18. The lowest BCUT2D eigenvalue weighted by Gasteiger charge is -2.37. The average molecular weight is 448 g/mol. The minimum Gasteiger partial charge on any atom is -0.457 e. The molecule has 3 aromatic rings. The predicted octanol–water partition coefficient (Wildman–Crippen LogP) is 2.52. The molecule has 1 N–H and O–H groups in total. The van der Waals surface area contributed by atoms with E-state index in [1.165, 1.54) is 16.9 Å². The lowest BCUT2D eigenvalue weighted by molar-refractivity contribution is 0.0634. The van der Waals surface area contributed by atoms with Gasteiger partial charge in [0.25, 0.3) is 11.8 Å². The second-order valence-electron chi connectivity index (χ2n) is 7.54. The van der Waals surface area contributed by atoms with Gasteiger partial charge in [0.15, 0.2) is 5.43 Å². The van der Waals surface area contributed by atoms with E-state index in [1.54, 1.807) is 48.3 Å². The van der Waals surface area contributed by atoms with Crippen LogP contribution < -0.4 is 20.5 Å². The van der Waals surface area contributed by atoms with Crippen LogP contribution in [0.4, 0.5) is 5.69 Å². The van der Waals surface area contributed by atoms with E-state index in [-0.39, 0.29) is 17.2 Å². The average Bonchev–Trinajstić information content (AvgIpc) is 2.82. The number of ether oxygens (including phenoxy) is 2. The molecule has 1 aliphatic heterocycles. The number of pyridine rings is 1. The number of para-hydroxylation sites is 1. The number of hydrogen-bond donors (Lipinski definition) is 1. The van der Waals surface area contributed by atoms with Crippen LogP contribution in [-0.4, -0.2) is 55.4 Å². The van der Waals surface area contributed by atoms with Crippen molar-refractivity contribution in [3.05, 3.63) is 88.3 Å². The molecule has 2 amide bonds. The van der Waals surface area contributed by atoms with Gasteiger partial charge in [-0.15, -0.1) is 0 Å². The summed E-state index contributed by atoms with van der Waals surface area (Å²) >= 11 is 0. The van der Waals surface area contributed by atoms with Crippen molar-refractivity contribution in [3.63, 3.8) is 0 Å². The van der Waals surface area contributed by atoms with Crippen molar-refractivity contribution in [2.75, 3.05) is 44.3 Å². The molecule has 33 heavy (non-hydrogen) atoms. The molecule has 0 saturated carbocycles. The molecular formula is C24H24N4O5. The van der Waals surface area contributed by atoms with Crippen molar-refractivity contribution < 1.29 is 19.1 Å². The number of nitrogens with zero attached hydrogens (tertiary/aromatic N) is 3. The SMILES string of the molecule is COCCN1CN(C)n2cc(C(=O)Nc3ccc(Oc4ccccc4)cc3)c(=O)cc2C1=O. The van der Waals surface area contributed by atoms with Crippen molar-refractivity contribution in [1.29, 1.82) is 0 Å². The summed E-state index contributed by atoms with van der Waals surface area (Å²) in [4.78, 5) is 39.8. The summed E-state index contributed by atoms with van der Waals surface area (Å²) in [7, 11) is 3.33. The smallest absolute Gasteiger partial charge is 0.274 e. The Morgan fingerprint density at radius 1 is 1.03 bits per heavy atom. The molecule has 0 aliphatic carbocycles. The molecule has 9 nitrogen and oxygen atoms in total.